The number of hydrogen-bond acceptors (Lipinski definition) is 8. The molecule has 2 aromatic rings. The maximum atomic E-state index is 11.2. The summed E-state index contributed by atoms with van der Waals surface area (Å²) < 4.78 is 0. The molecule has 2 heterocycles. The second-order valence-corrected chi connectivity index (χ2v) is 4.29. The molecule has 3 N–H and O–H groups in total. The van der Waals surface area contributed by atoms with Gasteiger partial charge in [0, 0.05) is 31.9 Å². The molecular formula is C12H15N7O2. The first kappa shape index (κ1) is 14.6. The van der Waals surface area contributed by atoms with Crippen LogP contribution in [0.5, 0.6) is 0 Å². The Morgan fingerprint density at radius 3 is 2.81 bits per heavy atom. The van der Waals surface area contributed by atoms with Crippen molar-refractivity contribution >= 4 is 17.3 Å². The minimum atomic E-state index is -0.554. The summed E-state index contributed by atoms with van der Waals surface area (Å²) >= 11 is 0. The fraction of sp³-hybridized carbons (Fsp3) is 0.250. The number of aromatic nitrogens is 3. The number of nitrogen functional groups attached to an aromatic ring is 1. The number of anilines is 2. The van der Waals surface area contributed by atoms with Gasteiger partial charge in [-0.1, -0.05) is 6.07 Å². The van der Waals surface area contributed by atoms with E-state index in [1.807, 2.05) is 18.2 Å². The number of nitrogens with zero attached hydrogens (tertiary/aromatic N) is 5. The van der Waals surface area contributed by atoms with Crippen LogP contribution in [-0.2, 0) is 6.42 Å². The van der Waals surface area contributed by atoms with E-state index in [1.54, 1.807) is 18.1 Å². The average Bonchev–Trinajstić information content (AvgIpc) is 2.52. The first-order valence-electron chi connectivity index (χ1n) is 6.20. The standard InChI is InChI=1S/C12H15N7O2/c1-18(7-5-9-4-2-3-6-14-9)12-10(19(20)21)11(17-13)15-8-16-12/h2-4,6,8H,5,7,13H2,1H3,(H,15,16,17). The van der Waals surface area contributed by atoms with Gasteiger partial charge >= 0.3 is 5.69 Å². The number of likely N-dealkylation sites (N-methyl/N-ethyl adjacent to an activating group) is 1. The lowest BCUT2D eigenvalue weighted by Crippen LogP contribution is -2.24. The third-order valence-electron chi connectivity index (χ3n) is 2.91. The van der Waals surface area contributed by atoms with Crippen molar-refractivity contribution in [1.29, 1.82) is 0 Å². The highest BCUT2D eigenvalue weighted by molar-refractivity contribution is 5.69. The number of pyridine rings is 1. The minimum absolute atomic E-state index is 0.0188. The lowest BCUT2D eigenvalue weighted by molar-refractivity contribution is -0.383. The Hall–Kier alpha value is -2.81. The number of nitrogens with one attached hydrogen (secondary N) is 1. The predicted molar refractivity (Wildman–Crippen MR) is 77.7 cm³/mol. The molecule has 0 aliphatic rings. The molecule has 0 fully saturated rings. The lowest BCUT2D eigenvalue weighted by Gasteiger charge is -2.18. The molecule has 0 saturated heterocycles. The smallest absolute Gasteiger partial charge is 0.353 e. The van der Waals surface area contributed by atoms with Crippen LogP contribution in [0.1, 0.15) is 5.69 Å². The number of nitrogens with two attached hydrogens (primary N) is 1. The molecule has 110 valence electrons. The Morgan fingerprint density at radius 2 is 2.19 bits per heavy atom. The second-order valence-electron chi connectivity index (χ2n) is 4.29. The molecule has 0 aliphatic carbocycles. The molecule has 0 aliphatic heterocycles. The fourth-order valence-corrected chi connectivity index (χ4v) is 1.86. The topological polar surface area (TPSA) is 123 Å². The summed E-state index contributed by atoms with van der Waals surface area (Å²) in [4.78, 5) is 24.2. The third kappa shape index (κ3) is 3.39. The van der Waals surface area contributed by atoms with Gasteiger partial charge < -0.3 is 10.3 Å². The van der Waals surface area contributed by atoms with Gasteiger partial charge in [0.25, 0.3) is 0 Å². The van der Waals surface area contributed by atoms with E-state index in [1.165, 1.54) is 6.33 Å². The molecule has 0 unspecified atom stereocenters. The summed E-state index contributed by atoms with van der Waals surface area (Å²) in [6, 6.07) is 5.63. The van der Waals surface area contributed by atoms with Crippen LogP contribution in [0.3, 0.4) is 0 Å². The summed E-state index contributed by atoms with van der Waals surface area (Å²) in [7, 11) is 1.72. The Bertz CT molecular complexity index is 620. The van der Waals surface area contributed by atoms with Crippen molar-refractivity contribution < 1.29 is 4.92 Å². The fourth-order valence-electron chi connectivity index (χ4n) is 1.86. The minimum Gasteiger partial charge on any atom is -0.353 e. The lowest BCUT2D eigenvalue weighted by atomic mass is 10.2. The monoisotopic (exact) mass is 289 g/mol. The van der Waals surface area contributed by atoms with E-state index in [2.05, 4.69) is 20.4 Å². The molecule has 0 atom stereocenters. The summed E-state index contributed by atoms with van der Waals surface area (Å²) in [5.41, 5.74) is 2.87. The van der Waals surface area contributed by atoms with E-state index in [4.69, 9.17) is 5.84 Å². The van der Waals surface area contributed by atoms with E-state index in [0.29, 0.717) is 13.0 Å². The van der Waals surface area contributed by atoms with Crippen molar-refractivity contribution in [2.75, 3.05) is 23.9 Å². The van der Waals surface area contributed by atoms with Crippen LogP contribution in [0.2, 0.25) is 0 Å². The molecule has 9 nitrogen and oxygen atoms in total. The van der Waals surface area contributed by atoms with Crippen LogP contribution in [0.25, 0.3) is 0 Å². The summed E-state index contributed by atoms with van der Waals surface area (Å²) in [5.74, 6) is 5.44. The molecule has 0 amide bonds. The van der Waals surface area contributed by atoms with Gasteiger partial charge in [-0.15, -0.1) is 0 Å². The molecule has 2 aromatic heterocycles. The number of hydrogen-bond donors (Lipinski definition) is 2. The van der Waals surface area contributed by atoms with E-state index >= 15 is 0 Å². The third-order valence-corrected chi connectivity index (χ3v) is 2.91. The van der Waals surface area contributed by atoms with Crippen molar-refractivity contribution in [2.45, 2.75) is 6.42 Å². The van der Waals surface area contributed by atoms with Gasteiger partial charge in [0.2, 0.25) is 11.6 Å². The van der Waals surface area contributed by atoms with Crippen LogP contribution in [0, 0.1) is 10.1 Å². The van der Waals surface area contributed by atoms with E-state index < -0.39 is 4.92 Å². The highest BCUT2D eigenvalue weighted by Gasteiger charge is 2.24. The van der Waals surface area contributed by atoms with Crippen molar-refractivity contribution in [2.24, 2.45) is 5.84 Å². The highest BCUT2D eigenvalue weighted by Crippen LogP contribution is 2.30. The second kappa shape index (κ2) is 6.57. The molecule has 9 heteroatoms. The predicted octanol–water partition coefficient (Wildman–Crippen LogP) is 0.744. The van der Waals surface area contributed by atoms with Crippen molar-refractivity contribution in [1.82, 2.24) is 15.0 Å². The average molecular weight is 289 g/mol. The van der Waals surface area contributed by atoms with Crippen LogP contribution in [-0.4, -0.2) is 33.5 Å². The van der Waals surface area contributed by atoms with Crippen LogP contribution in [0.15, 0.2) is 30.7 Å². The number of nitro groups is 1. The zero-order chi connectivity index (χ0) is 15.2. The maximum Gasteiger partial charge on any atom is 0.354 e. The number of hydrazine groups is 1. The van der Waals surface area contributed by atoms with E-state index in [0.717, 1.165) is 5.69 Å². The van der Waals surface area contributed by atoms with Crippen molar-refractivity contribution in [3.8, 4) is 0 Å². The largest absolute Gasteiger partial charge is 0.354 e. The van der Waals surface area contributed by atoms with E-state index in [-0.39, 0.29) is 17.3 Å². The zero-order valence-electron chi connectivity index (χ0n) is 11.4. The molecule has 0 aromatic carbocycles. The molecule has 21 heavy (non-hydrogen) atoms. The molecule has 0 saturated carbocycles. The van der Waals surface area contributed by atoms with Crippen LogP contribution < -0.4 is 16.2 Å². The van der Waals surface area contributed by atoms with Gasteiger partial charge in [-0.25, -0.2) is 15.8 Å². The van der Waals surface area contributed by atoms with Crippen LogP contribution in [0.4, 0.5) is 17.3 Å². The first-order valence-corrected chi connectivity index (χ1v) is 6.20. The highest BCUT2D eigenvalue weighted by atomic mass is 16.6. The zero-order valence-corrected chi connectivity index (χ0v) is 11.4. The molecule has 0 spiro atoms. The van der Waals surface area contributed by atoms with Gasteiger partial charge in [0.1, 0.15) is 6.33 Å². The summed E-state index contributed by atoms with van der Waals surface area (Å²) in [5, 5.41) is 11.2. The molecule has 0 bridgehead atoms. The first-order chi connectivity index (χ1) is 10.1. The van der Waals surface area contributed by atoms with Gasteiger partial charge in [-0.2, -0.15) is 0 Å². The SMILES string of the molecule is CN(CCc1ccccn1)c1ncnc(NN)c1[N+](=O)[O-]. The van der Waals surface area contributed by atoms with Gasteiger partial charge in [0.05, 0.1) is 4.92 Å². The van der Waals surface area contributed by atoms with Crippen LogP contribution >= 0.6 is 0 Å². The van der Waals surface area contributed by atoms with Gasteiger partial charge in [-0.05, 0) is 12.1 Å². The van der Waals surface area contributed by atoms with Crippen molar-refractivity contribution in [3.63, 3.8) is 0 Å². The Labute approximate surface area is 121 Å². The normalized spacial score (nSPS) is 10.2. The Balaban J connectivity index is 2.19. The Kier molecular flexibility index (Phi) is 4.57. The molecular weight excluding hydrogens is 274 g/mol. The van der Waals surface area contributed by atoms with Crippen molar-refractivity contribution in [3.05, 3.63) is 46.5 Å². The summed E-state index contributed by atoms with van der Waals surface area (Å²) in [6.45, 7) is 0.527. The quantitative estimate of drug-likeness (QED) is 0.453. The van der Waals surface area contributed by atoms with Gasteiger partial charge in [0.15, 0.2) is 0 Å². The summed E-state index contributed by atoms with van der Waals surface area (Å²) in [6.07, 6.45) is 3.58. The molecule has 0 radical (unpaired) electrons. The maximum absolute atomic E-state index is 11.2. The van der Waals surface area contributed by atoms with Gasteiger partial charge in [-0.3, -0.25) is 15.1 Å². The van der Waals surface area contributed by atoms with E-state index in [9.17, 15) is 10.1 Å². The number of rotatable bonds is 6. The Morgan fingerprint density at radius 1 is 1.38 bits per heavy atom. The molecule has 2 rings (SSSR count).